The first kappa shape index (κ1) is 20.1. The van der Waals surface area contributed by atoms with Crippen molar-refractivity contribution < 1.29 is 0 Å². The first-order chi connectivity index (χ1) is 11.8. The highest BCUT2D eigenvalue weighted by Gasteiger charge is 2.24. The van der Waals surface area contributed by atoms with Crippen LogP contribution < -0.4 is 10.6 Å². The number of nitrogens with zero attached hydrogens (tertiary/aromatic N) is 3. The zero-order valence-corrected chi connectivity index (χ0v) is 17.8. The maximum absolute atomic E-state index is 4.43. The van der Waals surface area contributed by atoms with Gasteiger partial charge in [-0.3, -0.25) is 4.99 Å². The molecule has 2 aromatic rings. The first-order valence-electron chi connectivity index (χ1n) is 8.37. The lowest BCUT2D eigenvalue weighted by molar-refractivity contribution is 0.614. The molecule has 0 aliphatic heterocycles. The van der Waals surface area contributed by atoms with Crippen LogP contribution in [-0.2, 0) is 6.54 Å². The van der Waals surface area contributed by atoms with E-state index in [4.69, 9.17) is 0 Å². The van der Waals surface area contributed by atoms with Crippen LogP contribution >= 0.6 is 35.7 Å². The summed E-state index contributed by atoms with van der Waals surface area (Å²) in [5, 5.41) is 12.1. The molecule has 0 spiro atoms. The van der Waals surface area contributed by atoms with Gasteiger partial charge in [0.2, 0.25) is 0 Å². The molecule has 1 saturated carbocycles. The average molecular weight is 471 g/mol. The highest BCUT2D eigenvalue weighted by atomic mass is 127. The molecule has 1 aromatic heterocycles. The third kappa shape index (κ3) is 5.64. The number of nitrogens with one attached hydrogen (secondary N) is 2. The van der Waals surface area contributed by atoms with Gasteiger partial charge in [-0.2, -0.15) is 16.9 Å². The van der Waals surface area contributed by atoms with E-state index in [1.165, 1.54) is 19.3 Å². The minimum absolute atomic E-state index is 0. The standard InChI is InChI=1S/C18H25N5S.HI/c1-19-18(22-15-8-9-17(10-15)24-2)20-11-14-12-21-23(13-14)16-6-4-3-5-7-16;/h3-7,12-13,15,17H,8-11H2,1-2H3,(H2,19,20,22);1H. The van der Waals surface area contributed by atoms with Crippen LogP contribution in [0.2, 0.25) is 0 Å². The number of benzene rings is 1. The molecule has 5 nitrogen and oxygen atoms in total. The summed E-state index contributed by atoms with van der Waals surface area (Å²) in [5.74, 6) is 0.870. The van der Waals surface area contributed by atoms with E-state index in [-0.39, 0.29) is 24.0 Å². The van der Waals surface area contributed by atoms with Gasteiger partial charge in [0.1, 0.15) is 0 Å². The predicted molar refractivity (Wildman–Crippen MR) is 117 cm³/mol. The number of guanidine groups is 1. The first-order valence-corrected chi connectivity index (χ1v) is 9.66. The van der Waals surface area contributed by atoms with Crippen molar-refractivity contribution in [2.45, 2.75) is 37.1 Å². The Morgan fingerprint density at radius 3 is 2.80 bits per heavy atom. The molecule has 1 heterocycles. The second kappa shape index (κ2) is 10.1. The Hall–Kier alpha value is -1.22. The Labute approximate surface area is 171 Å². The molecule has 0 saturated heterocycles. The van der Waals surface area contributed by atoms with Crippen LogP contribution in [0.5, 0.6) is 0 Å². The molecule has 7 heteroatoms. The Kier molecular flexibility index (Phi) is 8.08. The minimum Gasteiger partial charge on any atom is -0.354 e. The van der Waals surface area contributed by atoms with Crippen molar-refractivity contribution in [3.8, 4) is 5.69 Å². The van der Waals surface area contributed by atoms with Crippen LogP contribution in [0.15, 0.2) is 47.7 Å². The third-order valence-corrected chi connectivity index (χ3v) is 5.49. The van der Waals surface area contributed by atoms with Crippen LogP contribution in [-0.4, -0.2) is 40.3 Å². The van der Waals surface area contributed by atoms with E-state index in [0.29, 0.717) is 12.6 Å². The van der Waals surface area contributed by atoms with Gasteiger partial charge in [0.15, 0.2) is 5.96 Å². The maximum atomic E-state index is 4.43. The fourth-order valence-corrected chi connectivity index (χ4v) is 3.83. The van der Waals surface area contributed by atoms with Gasteiger partial charge in [0.05, 0.1) is 11.9 Å². The summed E-state index contributed by atoms with van der Waals surface area (Å²) in [7, 11) is 1.82. The number of hydrogen-bond donors (Lipinski definition) is 2. The quantitative estimate of drug-likeness (QED) is 0.399. The summed E-state index contributed by atoms with van der Waals surface area (Å²) < 4.78 is 1.90. The Morgan fingerprint density at radius 1 is 1.32 bits per heavy atom. The van der Waals surface area contributed by atoms with Crippen molar-refractivity contribution in [3.05, 3.63) is 48.3 Å². The topological polar surface area (TPSA) is 54.2 Å². The molecule has 0 bridgehead atoms. The average Bonchev–Trinajstić information content (AvgIpc) is 3.28. The number of thioether (sulfide) groups is 1. The zero-order chi connectivity index (χ0) is 16.8. The normalized spacial score (nSPS) is 20.2. The van der Waals surface area contributed by atoms with Crippen LogP contribution in [0, 0.1) is 0 Å². The van der Waals surface area contributed by atoms with E-state index < -0.39 is 0 Å². The summed E-state index contributed by atoms with van der Waals surface area (Å²) in [6.07, 6.45) is 9.87. The van der Waals surface area contributed by atoms with Gasteiger partial charge in [0.25, 0.3) is 0 Å². The number of hydrogen-bond acceptors (Lipinski definition) is 3. The molecule has 1 aliphatic rings. The molecule has 1 aliphatic carbocycles. The molecule has 0 amide bonds. The van der Waals surface area contributed by atoms with Crippen LogP contribution in [0.3, 0.4) is 0 Å². The molecule has 136 valence electrons. The molecule has 3 rings (SSSR count). The fourth-order valence-electron chi connectivity index (χ4n) is 3.03. The van der Waals surface area contributed by atoms with Crippen molar-refractivity contribution in [1.82, 2.24) is 20.4 Å². The van der Waals surface area contributed by atoms with Crippen molar-refractivity contribution in [2.75, 3.05) is 13.3 Å². The Morgan fingerprint density at radius 2 is 2.12 bits per heavy atom. The summed E-state index contributed by atoms with van der Waals surface area (Å²) in [6, 6.07) is 10.7. The monoisotopic (exact) mass is 471 g/mol. The van der Waals surface area contributed by atoms with Gasteiger partial charge in [-0.1, -0.05) is 18.2 Å². The summed E-state index contributed by atoms with van der Waals surface area (Å²) in [5.41, 5.74) is 2.20. The lowest BCUT2D eigenvalue weighted by Crippen LogP contribution is -2.42. The molecule has 1 aromatic carbocycles. The molecule has 0 radical (unpaired) electrons. The summed E-state index contributed by atoms with van der Waals surface area (Å²) in [4.78, 5) is 4.34. The highest BCUT2D eigenvalue weighted by molar-refractivity contribution is 14.0. The van der Waals surface area contributed by atoms with Crippen molar-refractivity contribution in [3.63, 3.8) is 0 Å². The van der Waals surface area contributed by atoms with E-state index >= 15 is 0 Å². The van der Waals surface area contributed by atoms with Crippen LogP contribution in [0.25, 0.3) is 5.69 Å². The smallest absolute Gasteiger partial charge is 0.191 e. The van der Waals surface area contributed by atoms with Gasteiger partial charge in [-0.15, -0.1) is 24.0 Å². The summed E-state index contributed by atoms with van der Waals surface area (Å²) >= 11 is 1.97. The number of aromatic nitrogens is 2. The van der Waals surface area contributed by atoms with Gasteiger partial charge in [-0.25, -0.2) is 4.68 Å². The van der Waals surface area contributed by atoms with Gasteiger partial charge < -0.3 is 10.6 Å². The van der Waals surface area contributed by atoms with E-state index in [0.717, 1.165) is 22.5 Å². The Bertz CT molecular complexity index is 673. The molecule has 2 atom stereocenters. The lowest BCUT2D eigenvalue weighted by Gasteiger charge is -2.17. The molecular formula is C18H26IN5S. The number of rotatable bonds is 5. The van der Waals surface area contributed by atoms with Gasteiger partial charge in [-0.05, 0) is 37.7 Å². The Balaban J connectivity index is 0.00000225. The molecular weight excluding hydrogens is 445 g/mol. The van der Waals surface area contributed by atoms with E-state index in [9.17, 15) is 0 Å². The maximum Gasteiger partial charge on any atom is 0.191 e. The lowest BCUT2D eigenvalue weighted by atomic mass is 10.2. The summed E-state index contributed by atoms with van der Waals surface area (Å²) in [6.45, 7) is 0.713. The number of halogens is 1. The van der Waals surface area contributed by atoms with Crippen molar-refractivity contribution in [1.29, 1.82) is 0 Å². The van der Waals surface area contributed by atoms with E-state index in [1.54, 1.807) is 0 Å². The van der Waals surface area contributed by atoms with Crippen LogP contribution in [0.4, 0.5) is 0 Å². The largest absolute Gasteiger partial charge is 0.354 e. The molecule has 1 fully saturated rings. The van der Waals surface area contributed by atoms with Crippen LogP contribution in [0.1, 0.15) is 24.8 Å². The minimum atomic E-state index is 0. The van der Waals surface area contributed by atoms with Crippen molar-refractivity contribution >= 4 is 41.7 Å². The highest BCUT2D eigenvalue weighted by Crippen LogP contribution is 2.27. The zero-order valence-electron chi connectivity index (χ0n) is 14.7. The molecule has 2 N–H and O–H groups in total. The van der Waals surface area contributed by atoms with Crippen molar-refractivity contribution in [2.24, 2.45) is 4.99 Å². The molecule has 25 heavy (non-hydrogen) atoms. The second-order valence-corrected chi connectivity index (χ2v) is 7.20. The van der Waals surface area contributed by atoms with Gasteiger partial charge >= 0.3 is 0 Å². The van der Waals surface area contributed by atoms with Gasteiger partial charge in [0, 0.05) is 36.6 Å². The molecule has 2 unspecified atom stereocenters. The SMILES string of the molecule is CN=C(NCc1cnn(-c2ccccc2)c1)NC1CCC(SC)C1.I. The third-order valence-electron chi connectivity index (χ3n) is 4.40. The number of aliphatic imine (C=N–C) groups is 1. The van der Waals surface area contributed by atoms with E-state index in [1.807, 2.05) is 60.0 Å². The predicted octanol–water partition coefficient (Wildman–Crippen LogP) is 3.44. The fraction of sp³-hybridized carbons (Fsp3) is 0.444. The number of para-hydroxylation sites is 1. The second-order valence-electron chi connectivity index (χ2n) is 6.07. The van der Waals surface area contributed by atoms with E-state index in [2.05, 4.69) is 33.2 Å².